The van der Waals surface area contributed by atoms with E-state index in [9.17, 15) is 4.79 Å². The van der Waals surface area contributed by atoms with E-state index >= 15 is 0 Å². The van der Waals surface area contributed by atoms with Crippen LogP contribution in [0.1, 0.15) is 24.3 Å². The van der Waals surface area contributed by atoms with E-state index in [0.29, 0.717) is 0 Å². The van der Waals surface area contributed by atoms with Gasteiger partial charge in [-0.1, -0.05) is 6.07 Å². The maximum Gasteiger partial charge on any atom is 0.239 e. The first kappa shape index (κ1) is 10.6. The first-order chi connectivity index (χ1) is 7.18. The monoisotopic (exact) mass is 224 g/mol. The van der Waals surface area contributed by atoms with Gasteiger partial charge in [0.1, 0.15) is 0 Å². The highest BCUT2D eigenvalue weighted by Gasteiger charge is 2.29. The number of thiophene rings is 1. The summed E-state index contributed by atoms with van der Waals surface area (Å²) >= 11 is 1.73. The van der Waals surface area contributed by atoms with Crippen molar-refractivity contribution in [1.82, 2.24) is 10.2 Å². The summed E-state index contributed by atoms with van der Waals surface area (Å²) in [5.41, 5.74) is 0. The van der Waals surface area contributed by atoms with E-state index in [1.54, 1.807) is 16.2 Å². The average molecular weight is 224 g/mol. The van der Waals surface area contributed by atoms with Gasteiger partial charge in [0, 0.05) is 24.5 Å². The molecule has 3 nitrogen and oxygen atoms in total. The molecule has 0 aromatic carbocycles. The number of carbonyl (C=O) groups is 1. The molecule has 0 saturated carbocycles. The maximum absolute atomic E-state index is 11.7. The molecule has 1 aromatic rings. The molecule has 1 aliphatic heterocycles. The van der Waals surface area contributed by atoms with E-state index in [2.05, 4.69) is 23.7 Å². The molecule has 0 bridgehead atoms. The van der Waals surface area contributed by atoms with E-state index in [4.69, 9.17) is 0 Å². The molecule has 1 fully saturated rings. The number of likely N-dealkylation sites (N-methyl/N-ethyl adjacent to an activating group) is 1. The number of hydrogen-bond donors (Lipinski definition) is 1. The van der Waals surface area contributed by atoms with Crippen molar-refractivity contribution in [2.24, 2.45) is 0 Å². The van der Waals surface area contributed by atoms with E-state index in [1.807, 2.05) is 13.1 Å². The SMILES string of the molecule is CC(NC1CCN(C)C1=O)c1cccs1. The molecule has 2 heterocycles. The Hall–Kier alpha value is -0.870. The zero-order valence-electron chi connectivity index (χ0n) is 9.06. The molecule has 0 radical (unpaired) electrons. The van der Waals surface area contributed by atoms with Gasteiger partial charge in [-0.15, -0.1) is 11.3 Å². The summed E-state index contributed by atoms with van der Waals surface area (Å²) in [6.07, 6.45) is 0.922. The van der Waals surface area contributed by atoms with Crippen LogP contribution in [0.15, 0.2) is 17.5 Å². The molecule has 15 heavy (non-hydrogen) atoms. The Morgan fingerprint density at radius 3 is 3.00 bits per heavy atom. The highest BCUT2D eigenvalue weighted by atomic mass is 32.1. The quantitative estimate of drug-likeness (QED) is 0.846. The minimum absolute atomic E-state index is 0.00657. The summed E-state index contributed by atoms with van der Waals surface area (Å²) in [4.78, 5) is 14.8. The van der Waals surface area contributed by atoms with Crippen LogP contribution in [0, 0.1) is 0 Å². The normalized spacial score (nSPS) is 23.5. The highest BCUT2D eigenvalue weighted by Crippen LogP contribution is 2.20. The lowest BCUT2D eigenvalue weighted by Gasteiger charge is -2.17. The van der Waals surface area contributed by atoms with E-state index in [1.165, 1.54) is 4.88 Å². The van der Waals surface area contributed by atoms with Crippen LogP contribution in [-0.2, 0) is 4.79 Å². The van der Waals surface area contributed by atoms with E-state index < -0.39 is 0 Å². The van der Waals surface area contributed by atoms with Crippen molar-refractivity contribution < 1.29 is 4.79 Å². The highest BCUT2D eigenvalue weighted by molar-refractivity contribution is 7.10. The fourth-order valence-corrected chi connectivity index (χ4v) is 2.64. The molecule has 1 aromatic heterocycles. The summed E-state index contributed by atoms with van der Waals surface area (Å²) in [5.74, 6) is 0.221. The van der Waals surface area contributed by atoms with Gasteiger partial charge >= 0.3 is 0 Å². The third kappa shape index (κ3) is 2.21. The molecule has 4 heteroatoms. The molecule has 1 saturated heterocycles. The average Bonchev–Trinajstić information content (AvgIpc) is 2.83. The Morgan fingerprint density at radius 2 is 2.47 bits per heavy atom. The minimum Gasteiger partial charge on any atom is -0.344 e. The van der Waals surface area contributed by atoms with Crippen LogP contribution in [-0.4, -0.2) is 30.4 Å². The predicted octanol–water partition coefficient (Wildman–Crippen LogP) is 1.63. The minimum atomic E-state index is 0.00657. The Bertz CT molecular complexity index is 336. The number of hydrogen-bond acceptors (Lipinski definition) is 3. The Balaban J connectivity index is 1.95. The lowest BCUT2D eigenvalue weighted by Crippen LogP contribution is -2.38. The standard InChI is InChI=1S/C11H16N2OS/c1-8(10-4-3-7-15-10)12-9-5-6-13(2)11(9)14/h3-4,7-9,12H,5-6H2,1-2H3. The molecule has 82 valence electrons. The number of nitrogens with zero attached hydrogens (tertiary/aromatic N) is 1. The van der Waals surface area contributed by atoms with Crippen molar-refractivity contribution in [3.8, 4) is 0 Å². The Morgan fingerprint density at radius 1 is 1.67 bits per heavy atom. The van der Waals surface area contributed by atoms with Crippen LogP contribution in [0.4, 0.5) is 0 Å². The first-order valence-corrected chi connectivity index (χ1v) is 6.11. The summed E-state index contributed by atoms with van der Waals surface area (Å²) in [6, 6.07) is 4.42. The maximum atomic E-state index is 11.7. The zero-order chi connectivity index (χ0) is 10.8. The Labute approximate surface area is 94.1 Å². The molecular formula is C11H16N2OS. The van der Waals surface area contributed by atoms with Gasteiger partial charge in [0.15, 0.2) is 0 Å². The topological polar surface area (TPSA) is 32.3 Å². The van der Waals surface area contributed by atoms with Crippen LogP contribution in [0.25, 0.3) is 0 Å². The van der Waals surface area contributed by atoms with Crippen molar-refractivity contribution >= 4 is 17.2 Å². The van der Waals surface area contributed by atoms with Crippen molar-refractivity contribution in [3.05, 3.63) is 22.4 Å². The molecule has 1 N–H and O–H groups in total. The lowest BCUT2D eigenvalue weighted by molar-refractivity contribution is -0.128. The van der Waals surface area contributed by atoms with Gasteiger partial charge in [-0.05, 0) is 24.8 Å². The van der Waals surface area contributed by atoms with Crippen LogP contribution >= 0.6 is 11.3 Å². The summed E-state index contributed by atoms with van der Waals surface area (Å²) in [5, 5.41) is 5.45. The van der Waals surface area contributed by atoms with Crippen molar-refractivity contribution in [3.63, 3.8) is 0 Å². The summed E-state index contributed by atoms with van der Waals surface area (Å²) < 4.78 is 0. The van der Waals surface area contributed by atoms with Gasteiger partial charge in [0.2, 0.25) is 5.91 Å². The molecule has 2 atom stereocenters. The predicted molar refractivity (Wildman–Crippen MR) is 61.9 cm³/mol. The van der Waals surface area contributed by atoms with Crippen molar-refractivity contribution in [2.45, 2.75) is 25.4 Å². The van der Waals surface area contributed by atoms with Crippen LogP contribution in [0.5, 0.6) is 0 Å². The van der Waals surface area contributed by atoms with Crippen LogP contribution in [0.2, 0.25) is 0 Å². The second-order valence-corrected chi connectivity index (χ2v) is 4.98. The molecule has 1 amide bonds. The third-order valence-corrected chi connectivity index (χ3v) is 3.90. The number of nitrogens with one attached hydrogen (secondary N) is 1. The first-order valence-electron chi connectivity index (χ1n) is 5.23. The molecular weight excluding hydrogens is 208 g/mol. The second kappa shape index (κ2) is 4.33. The largest absolute Gasteiger partial charge is 0.344 e. The van der Waals surface area contributed by atoms with Crippen molar-refractivity contribution in [2.75, 3.05) is 13.6 Å². The molecule has 0 spiro atoms. The smallest absolute Gasteiger partial charge is 0.239 e. The molecule has 2 unspecified atom stereocenters. The Kier molecular flexibility index (Phi) is 3.07. The van der Waals surface area contributed by atoms with Gasteiger partial charge < -0.3 is 4.90 Å². The number of amides is 1. The van der Waals surface area contributed by atoms with E-state index in [-0.39, 0.29) is 18.0 Å². The van der Waals surface area contributed by atoms with Gasteiger partial charge in [-0.3, -0.25) is 10.1 Å². The number of rotatable bonds is 3. The lowest BCUT2D eigenvalue weighted by atomic mass is 10.2. The summed E-state index contributed by atoms with van der Waals surface area (Å²) in [7, 11) is 1.86. The number of likely N-dealkylation sites (tertiary alicyclic amines) is 1. The molecule has 0 aliphatic carbocycles. The van der Waals surface area contributed by atoms with Crippen molar-refractivity contribution in [1.29, 1.82) is 0 Å². The number of carbonyl (C=O) groups excluding carboxylic acids is 1. The molecule has 2 rings (SSSR count). The van der Waals surface area contributed by atoms with Gasteiger partial charge in [0.05, 0.1) is 6.04 Å². The van der Waals surface area contributed by atoms with E-state index in [0.717, 1.165) is 13.0 Å². The van der Waals surface area contributed by atoms with Gasteiger partial charge in [0.25, 0.3) is 0 Å². The van der Waals surface area contributed by atoms with Gasteiger partial charge in [-0.25, -0.2) is 0 Å². The van der Waals surface area contributed by atoms with Crippen LogP contribution in [0.3, 0.4) is 0 Å². The second-order valence-electron chi connectivity index (χ2n) is 4.00. The fourth-order valence-electron chi connectivity index (χ4n) is 1.90. The van der Waals surface area contributed by atoms with Crippen LogP contribution < -0.4 is 5.32 Å². The molecule has 1 aliphatic rings. The third-order valence-electron chi connectivity index (χ3n) is 2.85. The fraction of sp³-hybridized carbons (Fsp3) is 0.545. The van der Waals surface area contributed by atoms with Gasteiger partial charge in [-0.2, -0.15) is 0 Å². The summed E-state index contributed by atoms with van der Waals surface area (Å²) in [6.45, 7) is 2.98. The zero-order valence-corrected chi connectivity index (χ0v) is 9.88.